The van der Waals surface area contributed by atoms with E-state index in [0.717, 1.165) is 37.0 Å². The first-order valence-corrected chi connectivity index (χ1v) is 9.70. The number of aryl methyl sites for hydroxylation is 2. The highest BCUT2D eigenvalue weighted by atomic mass is 35.5. The summed E-state index contributed by atoms with van der Waals surface area (Å²) in [5.41, 5.74) is 1.56. The quantitative estimate of drug-likeness (QED) is 0.542. The number of piperidine rings is 1. The lowest BCUT2D eigenvalue weighted by atomic mass is 10.1. The summed E-state index contributed by atoms with van der Waals surface area (Å²) in [6.45, 7) is 3.92. The number of aromatic nitrogens is 5. The van der Waals surface area contributed by atoms with Crippen LogP contribution in [0.15, 0.2) is 29.6 Å². The second kappa shape index (κ2) is 7.38. The molecule has 0 spiro atoms. The maximum atomic E-state index is 6.23. The van der Waals surface area contributed by atoms with Crippen molar-refractivity contribution in [3.05, 3.63) is 35.5 Å². The van der Waals surface area contributed by atoms with E-state index >= 15 is 0 Å². The summed E-state index contributed by atoms with van der Waals surface area (Å²) in [6, 6.07) is 2.30. The van der Waals surface area contributed by atoms with Crippen LogP contribution in [0.4, 0.5) is 5.95 Å². The third-order valence-corrected chi connectivity index (χ3v) is 5.66. The molecule has 1 aliphatic heterocycles. The minimum atomic E-state index is 0.357. The predicted octanol–water partition coefficient (Wildman–Crippen LogP) is 3.30. The number of hydrogen-bond acceptors (Lipinski definition) is 7. The molecule has 3 aromatic rings. The molecule has 0 unspecified atom stereocenters. The highest BCUT2D eigenvalue weighted by molar-refractivity contribution is 7.97. The topological polar surface area (TPSA) is 71.8 Å². The molecule has 1 N–H and O–H groups in total. The van der Waals surface area contributed by atoms with Crippen molar-refractivity contribution in [3.8, 4) is 0 Å². The van der Waals surface area contributed by atoms with Crippen molar-refractivity contribution < 1.29 is 0 Å². The Morgan fingerprint density at radius 2 is 2.04 bits per heavy atom. The monoisotopic (exact) mass is 389 g/mol. The molecule has 0 amide bonds. The van der Waals surface area contributed by atoms with Crippen LogP contribution < -0.4 is 5.32 Å². The van der Waals surface area contributed by atoms with Gasteiger partial charge in [-0.2, -0.15) is 5.10 Å². The normalized spacial score (nSPS) is 16.3. The molecule has 1 aliphatic rings. The average Bonchev–Trinajstić information content (AvgIpc) is 3.02. The Morgan fingerprint density at radius 1 is 1.23 bits per heavy atom. The lowest BCUT2D eigenvalue weighted by Crippen LogP contribution is -2.35. The van der Waals surface area contributed by atoms with Crippen LogP contribution in [0, 0.1) is 6.92 Å². The van der Waals surface area contributed by atoms with Gasteiger partial charge in [0.1, 0.15) is 5.52 Å². The number of anilines is 1. The Balaban J connectivity index is 1.37. The summed E-state index contributed by atoms with van der Waals surface area (Å²) in [7, 11) is 1.94. The van der Waals surface area contributed by atoms with Gasteiger partial charge < -0.3 is 5.32 Å². The molecule has 136 valence electrons. The van der Waals surface area contributed by atoms with E-state index in [9.17, 15) is 0 Å². The van der Waals surface area contributed by atoms with Crippen LogP contribution in [0.2, 0.25) is 5.15 Å². The Bertz CT molecular complexity index is 921. The lowest BCUT2D eigenvalue weighted by Gasteiger charge is -2.31. The molecule has 0 aliphatic carbocycles. The number of hydrogen-bond donors (Lipinski definition) is 1. The maximum Gasteiger partial charge on any atom is 0.223 e. The molecule has 0 bridgehead atoms. The Morgan fingerprint density at radius 3 is 2.77 bits per heavy atom. The first-order valence-electron chi connectivity index (χ1n) is 8.55. The zero-order valence-electron chi connectivity index (χ0n) is 14.7. The Labute approximate surface area is 161 Å². The number of fused-ring (bicyclic) bond motifs is 1. The van der Waals surface area contributed by atoms with Crippen LogP contribution in [-0.4, -0.2) is 48.2 Å². The van der Waals surface area contributed by atoms with Gasteiger partial charge in [0, 0.05) is 49.7 Å². The van der Waals surface area contributed by atoms with Gasteiger partial charge in [0.05, 0.1) is 11.1 Å². The molecule has 0 saturated carbocycles. The van der Waals surface area contributed by atoms with E-state index in [1.165, 1.54) is 4.90 Å². The third-order valence-electron chi connectivity index (χ3n) is 4.35. The van der Waals surface area contributed by atoms with E-state index in [4.69, 9.17) is 11.6 Å². The Kier molecular flexibility index (Phi) is 4.97. The van der Waals surface area contributed by atoms with E-state index in [2.05, 4.69) is 29.7 Å². The van der Waals surface area contributed by atoms with E-state index in [0.29, 0.717) is 22.7 Å². The molecule has 1 fully saturated rings. The largest absolute Gasteiger partial charge is 0.351 e. The van der Waals surface area contributed by atoms with Crippen molar-refractivity contribution in [2.75, 3.05) is 18.4 Å². The average molecular weight is 390 g/mol. The van der Waals surface area contributed by atoms with Crippen molar-refractivity contribution >= 4 is 40.4 Å². The molecule has 0 radical (unpaired) electrons. The van der Waals surface area contributed by atoms with Gasteiger partial charge in [0.2, 0.25) is 5.95 Å². The molecular formula is C17H20ClN7S. The van der Waals surface area contributed by atoms with Gasteiger partial charge in [-0.15, -0.1) is 0 Å². The van der Waals surface area contributed by atoms with Crippen LogP contribution >= 0.6 is 23.5 Å². The fourth-order valence-corrected chi connectivity index (χ4v) is 4.34. The van der Waals surface area contributed by atoms with E-state index in [1.54, 1.807) is 18.1 Å². The summed E-state index contributed by atoms with van der Waals surface area (Å²) >= 11 is 7.99. The predicted molar refractivity (Wildman–Crippen MR) is 104 cm³/mol. The molecule has 0 atom stereocenters. The lowest BCUT2D eigenvalue weighted by molar-refractivity contribution is 0.357. The molecular weight excluding hydrogens is 370 g/mol. The van der Waals surface area contributed by atoms with Gasteiger partial charge >= 0.3 is 0 Å². The number of nitrogens with zero attached hydrogens (tertiary/aromatic N) is 6. The number of rotatable bonds is 4. The highest BCUT2D eigenvalue weighted by Gasteiger charge is 2.21. The van der Waals surface area contributed by atoms with Crippen LogP contribution in [-0.2, 0) is 7.05 Å². The van der Waals surface area contributed by atoms with E-state index in [-0.39, 0.29) is 0 Å². The van der Waals surface area contributed by atoms with Crippen molar-refractivity contribution in [3.63, 3.8) is 0 Å². The standard InChI is InChI=1S/C17H20ClN7S/c1-11-7-12-8-19-17(23-15(12)16(18)21-11)22-13-3-5-25(6-4-13)26-14-9-20-24(2)10-14/h7-10,13H,3-6H2,1-2H3,(H,19,22,23). The van der Waals surface area contributed by atoms with Crippen molar-refractivity contribution in [2.24, 2.45) is 7.05 Å². The fourth-order valence-electron chi connectivity index (χ4n) is 3.07. The number of nitrogens with one attached hydrogen (secondary N) is 1. The second-order valence-corrected chi connectivity index (χ2v) is 8.00. The van der Waals surface area contributed by atoms with E-state index in [1.807, 2.05) is 37.1 Å². The molecule has 4 heterocycles. The Hall–Kier alpha value is -1.90. The molecule has 4 rings (SSSR count). The summed E-state index contributed by atoms with van der Waals surface area (Å²) in [5.74, 6) is 0.614. The first-order chi connectivity index (χ1) is 12.6. The highest BCUT2D eigenvalue weighted by Crippen LogP contribution is 2.27. The molecule has 7 nitrogen and oxygen atoms in total. The van der Waals surface area contributed by atoms with Crippen LogP contribution in [0.1, 0.15) is 18.5 Å². The first kappa shape index (κ1) is 17.5. The second-order valence-electron chi connectivity index (χ2n) is 6.47. The van der Waals surface area contributed by atoms with E-state index < -0.39 is 0 Å². The van der Waals surface area contributed by atoms with Gasteiger partial charge in [0.25, 0.3) is 0 Å². The van der Waals surface area contributed by atoms with Crippen LogP contribution in [0.25, 0.3) is 10.9 Å². The molecule has 1 saturated heterocycles. The van der Waals surface area contributed by atoms with Crippen molar-refractivity contribution in [1.82, 2.24) is 29.0 Å². The summed E-state index contributed by atoms with van der Waals surface area (Å²) in [4.78, 5) is 14.4. The van der Waals surface area contributed by atoms with Gasteiger partial charge in [-0.1, -0.05) is 11.6 Å². The smallest absolute Gasteiger partial charge is 0.223 e. The van der Waals surface area contributed by atoms with Crippen LogP contribution in [0.5, 0.6) is 0 Å². The van der Waals surface area contributed by atoms with Gasteiger partial charge in [-0.3, -0.25) is 4.68 Å². The molecule has 9 heteroatoms. The molecule has 3 aromatic heterocycles. The van der Waals surface area contributed by atoms with Crippen molar-refractivity contribution in [2.45, 2.75) is 30.7 Å². The number of pyridine rings is 1. The third kappa shape index (κ3) is 3.92. The minimum Gasteiger partial charge on any atom is -0.351 e. The molecule has 0 aromatic carbocycles. The van der Waals surface area contributed by atoms with Crippen LogP contribution in [0.3, 0.4) is 0 Å². The van der Waals surface area contributed by atoms with Gasteiger partial charge in [0.15, 0.2) is 5.15 Å². The minimum absolute atomic E-state index is 0.357. The van der Waals surface area contributed by atoms with Gasteiger partial charge in [-0.25, -0.2) is 19.3 Å². The maximum absolute atomic E-state index is 6.23. The summed E-state index contributed by atoms with van der Waals surface area (Å²) in [5, 5.41) is 8.99. The van der Waals surface area contributed by atoms with Crippen molar-refractivity contribution in [1.29, 1.82) is 0 Å². The number of halogens is 1. The SMILES string of the molecule is Cc1cc2cnc(NC3CCN(Sc4cnn(C)c4)CC3)nc2c(Cl)n1. The zero-order valence-corrected chi connectivity index (χ0v) is 16.3. The fraction of sp³-hybridized carbons (Fsp3) is 0.412. The van der Waals surface area contributed by atoms with Gasteiger partial charge in [-0.05, 0) is 37.8 Å². The molecule has 26 heavy (non-hydrogen) atoms. The summed E-state index contributed by atoms with van der Waals surface area (Å²) < 4.78 is 4.20. The zero-order chi connectivity index (χ0) is 18.1. The summed E-state index contributed by atoms with van der Waals surface area (Å²) in [6.07, 6.45) is 7.82.